The molecule has 0 N–H and O–H groups in total. The van der Waals surface area contributed by atoms with Crippen molar-refractivity contribution in [1.82, 2.24) is 14.4 Å². The Kier molecular flexibility index (Phi) is 3.17. The highest BCUT2D eigenvalue weighted by atomic mass is 16.5. The Balaban J connectivity index is 2.01. The number of rotatable bonds is 1. The second kappa shape index (κ2) is 5.34. The van der Waals surface area contributed by atoms with Crippen molar-refractivity contribution in [2.24, 2.45) is 0 Å². The zero-order valence-corrected chi connectivity index (χ0v) is 12.3. The van der Waals surface area contributed by atoms with Crippen molar-refractivity contribution in [3.8, 4) is 6.07 Å². The predicted molar refractivity (Wildman–Crippen MR) is 84.5 cm³/mol. The minimum Gasteiger partial charge on any atom is -0.378 e. The molecule has 0 saturated carbocycles. The Labute approximate surface area is 131 Å². The van der Waals surface area contributed by atoms with E-state index in [0.717, 1.165) is 0 Å². The third kappa shape index (κ3) is 2.12. The first-order valence-corrected chi connectivity index (χ1v) is 7.32. The molecular weight excluding hydrogens is 294 g/mol. The second-order valence-corrected chi connectivity index (χ2v) is 5.28. The summed E-state index contributed by atoms with van der Waals surface area (Å²) in [5.74, 6) is 0.498. The molecule has 0 aliphatic carbocycles. The number of nitrogens with zero attached hydrogens (tertiary/aromatic N) is 5. The molecule has 114 valence electrons. The molecule has 1 aliphatic heterocycles. The SMILES string of the molecule is N#Cc1c(=O)c2nc(N3CCOCC3)ncc2n2ccccc12. The Morgan fingerprint density at radius 2 is 2.04 bits per heavy atom. The monoisotopic (exact) mass is 307 g/mol. The van der Waals surface area contributed by atoms with Crippen LogP contribution in [0.2, 0.25) is 0 Å². The number of ether oxygens (including phenoxy) is 1. The van der Waals surface area contributed by atoms with Gasteiger partial charge in [-0.05, 0) is 12.1 Å². The Morgan fingerprint density at radius 1 is 1.22 bits per heavy atom. The van der Waals surface area contributed by atoms with E-state index in [0.29, 0.717) is 43.3 Å². The molecule has 1 aliphatic rings. The molecule has 1 fully saturated rings. The fraction of sp³-hybridized carbons (Fsp3) is 0.250. The molecule has 7 nitrogen and oxygen atoms in total. The van der Waals surface area contributed by atoms with Crippen LogP contribution in [0.25, 0.3) is 16.6 Å². The molecule has 4 rings (SSSR count). The van der Waals surface area contributed by atoms with E-state index in [1.54, 1.807) is 28.9 Å². The lowest BCUT2D eigenvalue weighted by Crippen LogP contribution is -2.37. The van der Waals surface area contributed by atoms with Gasteiger partial charge in [-0.15, -0.1) is 0 Å². The summed E-state index contributed by atoms with van der Waals surface area (Å²) in [7, 11) is 0. The zero-order chi connectivity index (χ0) is 15.8. The third-order valence-electron chi connectivity index (χ3n) is 3.98. The van der Waals surface area contributed by atoms with Gasteiger partial charge in [-0.1, -0.05) is 6.07 Å². The average molecular weight is 307 g/mol. The lowest BCUT2D eigenvalue weighted by Gasteiger charge is -2.26. The molecular formula is C16H13N5O2. The number of pyridine rings is 2. The molecule has 0 amide bonds. The molecule has 3 aromatic heterocycles. The first-order chi connectivity index (χ1) is 11.3. The lowest BCUT2D eigenvalue weighted by molar-refractivity contribution is 0.122. The van der Waals surface area contributed by atoms with Crippen molar-refractivity contribution >= 4 is 22.5 Å². The summed E-state index contributed by atoms with van der Waals surface area (Å²) in [6, 6.07) is 7.38. The number of aromatic nitrogens is 3. The van der Waals surface area contributed by atoms with Gasteiger partial charge in [-0.3, -0.25) is 4.79 Å². The maximum absolute atomic E-state index is 12.6. The van der Waals surface area contributed by atoms with Crippen LogP contribution in [0, 0.1) is 11.3 Å². The van der Waals surface area contributed by atoms with E-state index < -0.39 is 0 Å². The fourth-order valence-electron chi connectivity index (χ4n) is 2.82. The normalized spacial score (nSPS) is 15.0. The van der Waals surface area contributed by atoms with Gasteiger partial charge in [0.05, 0.1) is 30.4 Å². The fourth-order valence-corrected chi connectivity index (χ4v) is 2.82. The van der Waals surface area contributed by atoms with Crippen LogP contribution < -0.4 is 10.3 Å². The van der Waals surface area contributed by atoms with E-state index >= 15 is 0 Å². The Morgan fingerprint density at radius 3 is 2.83 bits per heavy atom. The number of hydrogen-bond acceptors (Lipinski definition) is 6. The summed E-state index contributed by atoms with van der Waals surface area (Å²) in [6.45, 7) is 2.60. The molecule has 3 aromatic rings. The van der Waals surface area contributed by atoms with E-state index in [1.165, 1.54) is 0 Å². The second-order valence-electron chi connectivity index (χ2n) is 5.28. The van der Waals surface area contributed by atoms with Crippen LogP contribution in [-0.4, -0.2) is 40.7 Å². The molecule has 0 unspecified atom stereocenters. The smallest absolute Gasteiger partial charge is 0.226 e. The molecule has 0 atom stereocenters. The van der Waals surface area contributed by atoms with Crippen LogP contribution in [0.4, 0.5) is 5.95 Å². The molecule has 23 heavy (non-hydrogen) atoms. The standard InChI is InChI=1S/C16H13N5O2/c17-9-11-12-3-1-2-4-21(12)13-10-18-16(19-14(13)15(11)22)20-5-7-23-8-6-20/h1-4,10H,5-8H2. The molecule has 0 radical (unpaired) electrons. The summed E-state index contributed by atoms with van der Waals surface area (Å²) < 4.78 is 7.10. The number of anilines is 1. The van der Waals surface area contributed by atoms with Crippen LogP contribution in [-0.2, 0) is 4.74 Å². The molecule has 4 heterocycles. The van der Waals surface area contributed by atoms with E-state index in [2.05, 4.69) is 9.97 Å². The molecule has 7 heteroatoms. The van der Waals surface area contributed by atoms with Crippen LogP contribution >= 0.6 is 0 Å². The van der Waals surface area contributed by atoms with Crippen molar-refractivity contribution in [2.45, 2.75) is 0 Å². The van der Waals surface area contributed by atoms with Crippen LogP contribution in [0.3, 0.4) is 0 Å². The first-order valence-electron chi connectivity index (χ1n) is 7.32. The number of fused-ring (bicyclic) bond motifs is 3. The highest BCUT2D eigenvalue weighted by molar-refractivity contribution is 5.82. The van der Waals surface area contributed by atoms with Crippen molar-refractivity contribution in [1.29, 1.82) is 5.26 Å². The predicted octanol–water partition coefficient (Wildman–Crippen LogP) is 0.951. The maximum Gasteiger partial charge on any atom is 0.226 e. The Bertz CT molecular complexity index is 999. The summed E-state index contributed by atoms with van der Waals surface area (Å²) >= 11 is 0. The summed E-state index contributed by atoms with van der Waals surface area (Å²) in [6.07, 6.45) is 3.44. The van der Waals surface area contributed by atoms with E-state index in [4.69, 9.17) is 4.74 Å². The summed E-state index contributed by atoms with van der Waals surface area (Å²) in [4.78, 5) is 23.4. The van der Waals surface area contributed by atoms with Crippen LogP contribution in [0.1, 0.15) is 5.56 Å². The number of hydrogen-bond donors (Lipinski definition) is 0. The molecule has 1 saturated heterocycles. The van der Waals surface area contributed by atoms with Gasteiger partial charge in [0.15, 0.2) is 0 Å². The first kappa shape index (κ1) is 13.7. The molecule has 0 spiro atoms. The van der Waals surface area contributed by atoms with Crippen LogP contribution in [0.5, 0.6) is 0 Å². The minimum absolute atomic E-state index is 0.102. The highest BCUT2D eigenvalue weighted by Gasteiger charge is 2.18. The quantitative estimate of drug-likeness (QED) is 0.622. The van der Waals surface area contributed by atoms with Gasteiger partial charge < -0.3 is 14.0 Å². The highest BCUT2D eigenvalue weighted by Crippen LogP contribution is 2.17. The van der Waals surface area contributed by atoms with Gasteiger partial charge in [0.25, 0.3) is 0 Å². The van der Waals surface area contributed by atoms with Crippen molar-refractivity contribution in [2.75, 3.05) is 31.2 Å². The number of morpholine rings is 1. The molecule has 0 aromatic carbocycles. The van der Waals surface area contributed by atoms with Gasteiger partial charge in [0.1, 0.15) is 17.1 Å². The summed E-state index contributed by atoms with van der Waals surface area (Å²) in [5.41, 5.74) is 1.17. The zero-order valence-electron chi connectivity index (χ0n) is 12.3. The number of nitriles is 1. The van der Waals surface area contributed by atoms with Gasteiger partial charge in [0, 0.05) is 19.3 Å². The maximum atomic E-state index is 12.6. The average Bonchev–Trinajstić information content (AvgIpc) is 2.63. The van der Waals surface area contributed by atoms with Crippen molar-refractivity contribution < 1.29 is 4.74 Å². The van der Waals surface area contributed by atoms with Crippen molar-refractivity contribution in [3.05, 3.63) is 46.4 Å². The lowest BCUT2D eigenvalue weighted by atomic mass is 10.2. The van der Waals surface area contributed by atoms with Crippen molar-refractivity contribution in [3.63, 3.8) is 0 Å². The van der Waals surface area contributed by atoms with E-state index in [9.17, 15) is 10.1 Å². The van der Waals surface area contributed by atoms with Crippen LogP contribution in [0.15, 0.2) is 35.4 Å². The topological polar surface area (TPSA) is 83.5 Å². The van der Waals surface area contributed by atoms with E-state index in [1.807, 2.05) is 17.0 Å². The Hall–Kier alpha value is -2.98. The van der Waals surface area contributed by atoms with Gasteiger partial charge in [-0.2, -0.15) is 5.26 Å². The van der Waals surface area contributed by atoms with Gasteiger partial charge in [0.2, 0.25) is 11.4 Å². The minimum atomic E-state index is -0.356. The van der Waals surface area contributed by atoms with Gasteiger partial charge >= 0.3 is 0 Å². The summed E-state index contributed by atoms with van der Waals surface area (Å²) in [5, 5.41) is 9.36. The third-order valence-corrected chi connectivity index (χ3v) is 3.98. The largest absolute Gasteiger partial charge is 0.378 e. The van der Waals surface area contributed by atoms with Gasteiger partial charge in [-0.25, -0.2) is 9.97 Å². The van der Waals surface area contributed by atoms with E-state index in [-0.39, 0.29) is 16.5 Å². The molecule has 0 bridgehead atoms.